The van der Waals surface area contributed by atoms with Gasteiger partial charge in [0.15, 0.2) is 14.6 Å². The van der Waals surface area contributed by atoms with Crippen LogP contribution in [0.5, 0.6) is 5.75 Å². The molecule has 0 radical (unpaired) electrons. The normalized spacial score (nSPS) is 13.9. The molecule has 3 aromatic carbocycles. The molecular weight excluding hydrogens is 646 g/mol. The fraction of sp³-hybridized carbons (Fsp3) is 0.361. The van der Waals surface area contributed by atoms with Gasteiger partial charge in [-0.2, -0.15) is 10.5 Å². The van der Waals surface area contributed by atoms with Crippen molar-refractivity contribution < 1.29 is 33.4 Å². The number of aliphatic hydroxyl groups is 2. The summed E-state index contributed by atoms with van der Waals surface area (Å²) < 4.78 is 30.7. The quantitative estimate of drug-likeness (QED) is 0.118. The van der Waals surface area contributed by atoms with Crippen LogP contribution < -0.4 is 10.2 Å². The third-order valence-electron chi connectivity index (χ3n) is 8.13. The van der Waals surface area contributed by atoms with Crippen LogP contribution in [0.2, 0.25) is 0 Å². The van der Waals surface area contributed by atoms with E-state index in [0.717, 1.165) is 11.1 Å². The van der Waals surface area contributed by atoms with Crippen molar-refractivity contribution in [2.24, 2.45) is 0 Å². The lowest BCUT2D eigenvalue weighted by Crippen LogP contribution is -2.57. The summed E-state index contributed by atoms with van der Waals surface area (Å²) in [6, 6.07) is 24.5. The van der Waals surface area contributed by atoms with Crippen LogP contribution in [0.15, 0.2) is 77.7 Å². The minimum absolute atomic E-state index is 0.0134. The summed E-state index contributed by atoms with van der Waals surface area (Å²) in [5, 5.41) is 44.6. The fourth-order valence-electron chi connectivity index (χ4n) is 5.36. The first-order valence-electron chi connectivity index (χ1n) is 15.6. The Morgan fingerprint density at radius 3 is 1.90 bits per heavy atom. The molecule has 1 aliphatic heterocycles. The van der Waals surface area contributed by atoms with E-state index < -0.39 is 20.5 Å². The Bertz CT molecular complexity index is 1740. The molecular formula is C36H41N5O7S. The maximum Gasteiger partial charge on any atom is 0.265 e. The zero-order chi connectivity index (χ0) is 35.7. The highest BCUT2D eigenvalue weighted by Crippen LogP contribution is 2.37. The van der Waals surface area contributed by atoms with E-state index in [1.807, 2.05) is 34.1 Å². The number of nitrogens with one attached hydrogen (secondary N) is 1. The van der Waals surface area contributed by atoms with Gasteiger partial charge in [0, 0.05) is 39.3 Å². The van der Waals surface area contributed by atoms with Gasteiger partial charge in [-0.3, -0.25) is 19.8 Å². The molecule has 0 spiro atoms. The van der Waals surface area contributed by atoms with E-state index in [0.29, 0.717) is 56.1 Å². The second-order valence-corrected chi connectivity index (χ2v) is 13.5. The zero-order valence-electron chi connectivity index (χ0n) is 27.4. The average molecular weight is 688 g/mol. The Labute approximate surface area is 287 Å². The largest absolute Gasteiger partial charge is 0.481 e. The number of piperidine rings is 1. The molecule has 1 heterocycles. The van der Waals surface area contributed by atoms with Crippen LogP contribution in [0.3, 0.4) is 0 Å². The molecule has 1 fully saturated rings. The van der Waals surface area contributed by atoms with Crippen molar-refractivity contribution >= 4 is 15.7 Å². The van der Waals surface area contributed by atoms with Gasteiger partial charge in [0.25, 0.3) is 5.91 Å². The summed E-state index contributed by atoms with van der Waals surface area (Å²) in [5.74, 6) is 5.00. The molecule has 13 heteroatoms. The van der Waals surface area contributed by atoms with Crippen LogP contribution in [0, 0.1) is 34.5 Å². The number of nitriles is 2. The number of hydrogen-bond donors (Lipinski definition) is 4. The number of nitrogens with zero attached hydrogens (tertiary/aromatic N) is 4. The molecule has 4 rings (SSSR count). The van der Waals surface area contributed by atoms with E-state index in [-0.39, 0.29) is 37.6 Å². The number of hydroxylamine groups is 1. The van der Waals surface area contributed by atoms with Gasteiger partial charge in [0.2, 0.25) is 0 Å². The van der Waals surface area contributed by atoms with Crippen LogP contribution in [-0.4, -0.2) is 90.3 Å². The molecule has 1 saturated heterocycles. The van der Waals surface area contributed by atoms with E-state index in [9.17, 15) is 18.4 Å². The minimum atomic E-state index is -4.10. The van der Waals surface area contributed by atoms with Crippen molar-refractivity contribution in [3.63, 3.8) is 0 Å². The molecule has 49 heavy (non-hydrogen) atoms. The van der Waals surface area contributed by atoms with Crippen LogP contribution in [0.25, 0.3) is 0 Å². The number of sulfone groups is 1. The van der Waals surface area contributed by atoms with Gasteiger partial charge in [-0.15, -0.1) is 5.92 Å². The van der Waals surface area contributed by atoms with E-state index in [1.54, 1.807) is 36.7 Å². The van der Waals surface area contributed by atoms with Gasteiger partial charge in [0.05, 0.1) is 41.4 Å². The number of hydrogen-bond acceptors (Lipinski definition) is 11. The molecule has 0 bridgehead atoms. The number of benzene rings is 3. The lowest BCUT2D eigenvalue weighted by atomic mass is 9.94. The summed E-state index contributed by atoms with van der Waals surface area (Å²) in [5.41, 5.74) is 4.83. The SMILES string of the molecule is CC#CCOc1ccc(S(=O)(=O)C2(C(=O)NO)CCN(Cc3ccc(C#N)cc3)CC2)cc1.N#Cc1ccc(CN(CCO)CCO)cc1. The first-order chi connectivity index (χ1) is 23.7. The van der Waals surface area contributed by atoms with E-state index in [4.69, 9.17) is 25.5 Å². The highest BCUT2D eigenvalue weighted by molar-refractivity contribution is 7.93. The zero-order valence-corrected chi connectivity index (χ0v) is 28.2. The third-order valence-corrected chi connectivity index (χ3v) is 10.6. The molecule has 1 aliphatic rings. The summed E-state index contributed by atoms with van der Waals surface area (Å²) in [6.45, 7) is 5.07. The first kappa shape index (κ1) is 38.7. The van der Waals surface area contributed by atoms with Crippen LogP contribution in [0.4, 0.5) is 0 Å². The van der Waals surface area contributed by atoms with Crippen molar-refractivity contribution in [2.75, 3.05) is 46.0 Å². The standard InChI is InChI=1S/C24H25N3O5S.C12H16N2O2/c1-2-3-16-32-21-8-10-22(11-9-21)33(30,31)24(23(28)26-29)12-14-27(15-13-24)18-20-6-4-19(17-25)5-7-20;13-9-11-1-3-12(4-2-11)10-14(5-7-15)6-8-16/h4-11,29H,12-16,18H2,1H3,(H,26,28);1-4,15-16H,5-8,10H2. The lowest BCUT2D eigenvalue weighted by Gasteiger charge is -2.39. The van der Waals surface area contributed by atoms with Crippen LogP contribution >= 0.6 is 0 Å². The highest BCUT2D eigenvalue weighted by Gasteiger charge is 2.52. The van der Waals surface area contributed by atoms with Crippen molar-refractivity contribution in [1.82, 2.24) is 15.3 Å². The first-order valence-corrected chi connectivity index (χ1v) is 17.1. The van der Waals surface area contributed by atoms with E-state index >= 15 is 0 Å². The molecule has 258 valence electrons. The molecule has 0 unspecified atom stereocenters. The Kier molecular flexibility index (Phi) is 15.2. The molecule has 0 atom stereocenters. The summed E-state index contributed by atoms with van der Waals surface area (Å²) in [6.07, 6.45) is 0.0602. The van der Waals surface area contributed by atoms with Crippen molar-refractivity contribution in [2.45, 2.75) is 42.5 Å². The minimum Gasteiger partial charge on any atom is -0.481 e. The molecule has 4 N–H and O–H groups in total. The third kappa shape index (κ3) is 10.6. The van der Waals surface area contributed by atoms with Gasteiger partial charge in [-0.05, 0) is 79.4 Å². The Morgan fingerprint density at radius 2 is 1.43 bits per heavy atom. The highest BCUT2D eigenvalue weighted by atomic mass is 32.2. The lowest BCUT2D eigenvalue weighted by molar-refractivity contribution is -0.133. The molecule has 3 aromatic rings. The average Bonchev–Trinajstić information content (AvgIpc) is 3.13. The number of amides is 1. The monoisotopic (exact) mass is 687 g/mol. The number of aliphatic hydroxyl groups excluding tert-OH is 2. The summed E-state index contributed by atoms with van der Waals surface area (Å²) >= 11 is 0. The number of rotatable bonds is 13. The predicted octanol–water partition coefficient (Wildman–Crippen LogP) is 2.62. The van der Waals surface area contributed by atoms with Gasteiger partial charge < -0.3 is 14.9 Å². The van der Waals surface area contributed by atoms with Crippen molar-refractivity contribution in [3.05, 3.63) is 95.1 Å². The smallest absolute Gasteiger partial charge is 0.265 e. The molecule has 0 aliphatic carbocycles. The van der Waals surface area contributed by atoms with Crippen LogP contribution in [0.1, 0.15) is 42.0 Å². The number of carbonyl (C=O) groups excluding carboxylic acids is 1. The van der Waals surface area contributed by atoms with Gasteiger partial charge in [-0.1, -0.05) is 30.2 Å². The number of likely N-dealkylation sites (tertiary alicyclic amines) is 1. The second-order valence-electron chi connectivity index (χ2n) is 11.2. The summed E-state index contributed by atoms with van der Waals surface area (Å²) in [7, 11) is -4.10. The second kappa shape index (κ2) is 19.3. The maximum absolute atomic E-state index is 13.5. The Balaban J connectivity index is 0.000000341. The topological polar surface area (TPSA) is 187 Å². The predicted molar refractivity (Wildman–Crippen MR) is 182 cm³/mol. The van der Waals surface area contributed by atoms with Crippen LogP contribution in [-0.2, 0) is 27.7 Å². The maximum atomic E-state index is 13.5. The summed E-state index contributed by atoms with van der Waals surface area (Å²) in [4.78, 5) is 16.6. The van der Waals surface area contributed by atoms with Crippen molar-refractivity contribution in [1.29, 1.82) is 10.5 Å². The molecule has 0 aromatic heterocycles. The van der Waals surface area contributed by atoms with Gasteiger partial charge in [-0.25, -0.2) is 13.9 Å². The number of ether oxygens (including phenoxy) is 1. The fourth-order valence-corrected chi connectivity index (χ4v) is 7.32. The van der Waals surface area contributed by atoms with Gasteiger partial charge >= 0.3 is 0 Å². The molecule has 0 saturated carbocycles. The number of carbonyl (C=O) groups is 1. The Hall–Kier alpha value is -4.78. The molecule has 1 amide bonds. The van der Waals surface area contributed by atoms with Gasteiger partial charge in [0.1, 0.15) is 12.4 Å². The Morgan fingerprint density at radius 1 is 0.898 bits per heavy atom. The van der Waals surface area contributed by atoms with Crippen molar-refractivity contribution in [3.8, 4) is 29.7 Å². The molecule has 12 nitrogen and oxygen atoms in total. The van der Waals surface area contributed by atoms with E-state index in [1.165, 1.54) is 24.3 Å². The van der Waals surface area contributed by atoms with E-state index in [2.05, 4.69) is 24.0 Å².